The van der Waals surface area contributed by atoms with Crippen LogP contribution in [0.3, 0.4) is 0 Å². The third-order valence-corrected chi connectivity index (χ3v) is 2.68. The highest BCUT2D eigenvalue weighted by atomic mass is 16.5. The third-order valence-electron chi connectivity index (χ3n) is 2.68. The molecule has 0 aliphatic carbocycles. The molecule has 0 spiro atoms. The predicted octanol–water partition coefficient (Wildman–Crippen LogP) is 2.46. The number of amides is 1. The van der Waals surface area contributed by atoms with Gasteiger partial charge in [0, 0.05) is 12.5 Å². The molecular weight excluding hydrogens is 228 g/mol. The fraction of sp³-hybridized carbons (Fsp3) is 0.500. The minimum Gasteiger partial charge on any atom is -0.492 e. The Bertz CT molecular complexity index is 405. The fourth-order valence-corrected chi connectivity index (χ4v) is 1.59. The van der Waals surface area contributed by atoms with Gasteiger partial charge in [-0.25, -0.2) is 0 Å². The first-order valence-electron chi connectivity index (χ1n) is 6.35. The molecule has 0 bridgehead atoms. The van der Waals surface area contributed by atoms with Gasteiger partial charge in [-0.15, -0.1) is 0 Å². The highest BCUT2D eigenvalue weighted by molar-refractivity contribution is 5.92. The quantitative estimate of drug-likeness (QED) is 0.815. The Balaban J connectivity index is 2.74. The summed E-state index contributed by atoms with van der Waals surface area (Å²) in [5.74, 6) is 0.630. The van der Waals surface area contributed by atoms with E-state index in [2.05, 4.69) is 5.32 Å². The van der Waals surface area contributed by atoms with Gasteiger partial charge in [-0.3, -0.25) is 4.79 Å². The molecule has 0 aromatic heterocycles. The fourth-order valence-electron chi connectivity index (χ4n) is 1.59. The lowest BCUT2D eigenvalue weighted by Crippen LogP contribution is -2.26. The van der Waals surface area contributed by atoms with Gasteiger partial charge in [0.15, 0.2) is 0 Å². The van der Waals surface area contributed by atoms with E-state index in [4.69, 9.17) is 10.5 Å². The maximum Gasteiger partial charge on any atom is 0.226 e. The number of benzene rings is 1. The first-order valence-corrected chi connectivity index (χ1v) is 6.35. The van der Waals surface area contributed by atoms with E-state index in [1.54, 1.807) is 0 Å². The summed E-state index contributed by atoms with van der Waals surface area (Å²) in [5, 5.41) is 2.84. The summed E-state index contributed by atoms with van der Waals surface area (Å²) in [5.41, 5.74) is 7.56. The van der Waals surface area contributed by atoms with Gasteiger partial charge in [0.1, 0.15) is 5.75 Å². The standard InChI is InChI=1S/C14H22N2O2/c1-4-11(15)9-14(17)16-12-7-6-10(3)8-13(12)18-5-2/h6-8,11H,4-5,9,15H2,1-3H3,(H,16,17). The van der Waals surface area contributed by atoms with Gasteiger partial charge in [-0.2, -0.15) is 0 Å². The van der Waals surface area contributed by atoms with Crippen LogP contribution in [0.25, 0.3) is 0 Å². The molecule has 1 aromatic rings. The number of hydrogen-bond acceptors (Lipinski definition) is 3. The van der Waals surface area contributed by atoms with Gasteiger partial charge in [0.25, 0.3) is 0 Å². The van der Waals surface area contributed by atoms with Crippen molar-refractivity contribution in [2.24, 2.45) is 5.73 Å². The Morgan fingerprint density at radius 2 is 2.17 bits per heavy atom. The molecule has 4 heteroatoms. The second-order valence-electron chi connectivity index (χ2n) is 4.35. The van der Waals surface area contributed by atoms with Crippen LogP contribution >= 0.6 is 0 Å². The Hall–Kier alpha value is -1.55. The van der Waals surface area contributed by atoms with Crippen LogP contribution in [0.2, 0.25) is 0 Å². The predicted molar refractivity (Wildman–Crippen MR) is 73.9 cm³/mol. The molecule has 0 fully saturated rings. The van der Waals surface area contributed by atoms with Crippen LogP contribution in [-0.4, -0.2) is 18.6 Å². The average molecular weight is 250 g/mol. The lowest BCUT2D eigenvalue weighted by atomic mass is 10.1. The summed E-state index contributed by atoms with van der Waals surface area (Å²) in [6.07, 6.45) is 1.12. The Kier molecular flexibility index (Phi) is 5.65. The minimum absolute atomic E-state index is 0.0749. The van der Waals surface area contributed by atoms with E-state index in [0.29, 0.717) is 24.5 Å². The molecule has 1 amide bonds. The molecule has 0 aliphatic rings. The summed E-state index contributed by atoms with van der Waals surface area (Å²) >= 11 is 0. The summed E-state index contributed by atoms with van der Waals surface area (Å²) < 4.78 is 5.50. The van der Waals surface area contributed by atoms with Gasteiger partial charge in [0.05, 0.1) is 12.3 Å². The molecule has 3 N–H and O–H groups in total. The highest BCUT2D eigenvalue weighted by Crippen LogP contribution is 2.25. The van der Waals surface area contributed by atoms with Crippen LogP contribution in [0, 0.1) is 6.92 Å². The number of aryl methyl sites for hydroxylation is 1. The molecule has 0 saturated heterocycles. The van der Waals surface area contributed by atoms with Gasteiger partial charge >= 0.3 is 0 Å². The molecule has 100 valence electrons. The van der Waals surface area contributed by atoms with Crippen LogP contribution in [0.5, 0.6) is 5.75 Å². The van der Waals surface area contributed by atoms with Crippen LogP contribution in [0.4, 0.5) is 5.69 Å². The number of rotatable bonds is 6. The van der Waals surface area contributed by atoms with Crippen molar-refractivity contribution in [3.8, 4) is 5.75 Å². The molecule has 0 radical (unpaired) electrons. The minimum atomic E-state index is -0.0917. The largest absolute Gasteiger partial charge is 0.492 e. The number of ether oxygens (including phenoxy) is 1. The number of anilines is 1. The van der Waals surface area contributed by atoms with Crippen LogP contribution in [0.15, 0.2) is 18.2 Å². The van der Waals surface area contributed by atoms with Crippen molar-refractivity contribution in [3.05, 3.63) is 23.8 Å². The molecule has 1 atom stereocenters. The highest BCUT2D eigenvalue weighted by Gasteiger charge is 2.11. The van der Waals surface area contributed by atoms with Crippen molar-refractivity contribution < 1.29 is 9.53 Å². The monoisotopic (exact) mass is 250 g/mol. The zero-order valence-electron chi connectivity index (χ0n) is 11.3. The lowest BCUT2D eigenvalue weighted by molar-refractivity contribution is -0.116. The molecule has 1 aromatic carbocycles. The third kappa shape index (κ3) is 4.37. The first kappa shape index (κ1) is 14.5. The second kappa shape index (κ2) is 7.01. The number of nitrogens with one attached hydrogen (secondary N) is 1. The Labute approximate surface area is 109 Å². The summed E-state index contributed by atoms with van der Waals surface area (Å²) in [6.45, 7) is 6.44. The van der Waals surface area contributed by atoms with E-state index in [0.717, 1.165) is 12.0 Å². The van der Waals surface area contributed by atoms with Gasteiger partial charge in [-0.1, -0.05) is 13.0 Å². The lowest BCUT2D eigenvalue weighted by Gasteiger charge is -2.13. The molecule has 0 saturated carbocycles. The summed E-state index contributed by atoms with van der Waals surface area (Å²) in [7, 11) is 0. The maximum atomic E-state index is 11.8. The van der Waals surface area contributed by atoms with Gasteiger partial charge in [-0.05, 0) is 38.0 Å². The summed E-state index contributed by atoms with van der Waals surface area (Å²) in [6, 6.07) is 5.62. The normalized spacial score (nSPS) is 12.0. The van der Waals surface area contributed by atoms with Crippen molar-refractivity contribution in [2.45, 2.75) is 39.7 Å². The number of hydrogen-bond donors (Lipinski definition) is 2. The van der Waals surface area contributed by atoms with Crippen molar-refractivity contribution in [1.82, 2.24) is 0 Å². The van der Waals surface area contributed by atoms with E-state index in [1.165, 1.54) is 0 Å². The zero-order chi connectivity index (χ0) is 13.5. The maximum absolute atomic E-state index is 11.8. The van der Waals surface area contributed by atoms with Crippen molar-refractivity contribution in [2.75, 3.05) is 11.9 Å². The molecule has 4 nitrogen and oxygen atoms in total. The van der Waals surface area contributed by atoms with E-state index in [9.17, 15) is 4.79 Å². The van der Waals surface area contributed by atoms with Gasteiger partial charge in [0.2, 0.25) is 5.91 Å². The smallest absolute Gasteiger partial charge is 0.226 e. The van der Waals surface area contributed by atoms with Crippen molar-refractivity contribution >= 4 is 11.6 Å². The first-order chi connectivity index (χ1) is 8.56. The molecule has 0 heterocycles. The van der Waals surface area contributed by atoms with E-state index < -0.39 is 0 Å². The van der Waals surface area contributed by atoms with E-state index >= 15 is 0 Å². The number of carbonyl (C=O) groups is 1. The summed E-state index contributed by atoms with van der Waals surface area (Å²) in [4.78, 5) is 11.8. The number of nitrogens with two attached hydrogens (primary N) is 1. The van der Waals surface area contributed by atoms with Crippen LogP contribution in [-0.2, 0) is 4.79 Å². The topological polar surface area (TPSA) is 64.3 Å². The van der Waals surface area contributed by atoms with E-state index in [-0.39, 0.29) is 11.9 Å². The van der Waals surface area contributed by atoms with Gasteiger partial charge < -0.3 is 15.8 Å². The molecular formula is C14H22N2O2. The second-order valence-corrected chi connectivity index (χ2v) is 4.35. The number of carbonyl (C=O) groups excluding carboxylic acids is 1. The van der Waals surface area contributed by atoms with E-state index in [1.807, 2.05) is 39.0 Å². The zero-order valence-corrected chi connectivity index (χ0v) is 11.3. The average Bonchev–Trinajstić information content (AvgIpc) is 2.32. The van der Waals surface area contributed by atoms with Crippen LogP contribution < -0.4 is 15.8 Å². The SMILES string of the molecule is CCOc1cc(C)ccc1NC(=O)CC(N)CC. The molecule has 1 rings (SSSR count). The molecule has 0 aliphatic heterocycles. The Morgan fingerprint density at radius 3 is 2.78 bits per heavy atom. The molecule has 1 unspecified atom stereocenters. The Morgan fingerprint density at radius 1 is 1.44 bits per heavy atom. The molecule has 18 heavy (non-hydrogen) atoms. The van der Waals surface area contributed by atoms with Crippen molar-refractivity contribution in [1.29, 1.82) is 0 Å². The van der Waals surface area contributed by atoms with Crippen LogP contribution in [0.1, 0.15) is 32.3 Å². The van der Waals surface area contributed by atoms with Crippen molar-refractivity contribution in [3.63, 3.8) is 0 Å².